The molecule has 0 heterocycles. The topological polar surface area (TPSA) is 40.5 Å². The van der Waals surface area contributed by atoms with E-state index in [2.05, 4.69) is 0 Å². The van der Waals surface area contributed by atoms with Crippen LogP contribution in [0, 0.1) is 5.82 Å². The van der Waals surface area contributed by atoms with Crippen LogP contribution >= 0.6 is 0 Å². The molecule has 0 radical (unpaired) electrons. The highest BCUT2D eigenvalue weighted by molar-refractivity contribution is 5.91. The first-order valence-electron chi connectivity index (χ1n) is 6.74. The summed E-state index contributed by atoms with van der Waals surface area (Å²) in [5.41, 5.74) is 1.41. The second kappa shape index (κ2) is 6.41. The van der Waals surface area contributed by atoms with Gasteiger partial charge in [0.05, 0.1) is 0 Å². The number of aromatic hydroxyl groups is 2. The van der Waals surface area contributed by atoms with Gasteiger partial charge in [-0.3, -0.25) is 0 Å². The molecular formula is C16H21FO2. The molecule has 0 aromatic heterocycles. The Morgan fingerprint density at radius 2 is 1.63 bits per heavy atom. The van der Waals surface area contributed by atoms with E-state index < -0.39 is 5.82 Å². The molecule has 0 spiro atoms. The number of hydrogen-bond acceptors (Lipinski definition) is 2. The van der Waals surface area contributed by atoms with E-state index in [0.717, 1.165) is 10.9 Å². The highest BCUT2D eigenvalue weighted by Gasteiger charge is 2.14. The fraction of sp³-hybridized carbons (Fsp3) is 0.375. The largest absolute Gasteiger partial charge is 0.508 e. The zero-order chi connectivity index (χ0) is 14.6. The molecule has 2 aromatic carbocycles. The van der Waals surface area contributed by atoms with E-state index in [1.807, 2.05) is 27.7 Å². The molecule has 0 unspecified atom stereocenters. The van der Waals surface area contributed by atoms with Crippen LogP contribution in [0.3, 0.4) is 0 Å². The van der Waals surface area contributed by atoms with Gasteiger partial charge in [0.1, 0.15) is 5.75 Å². The molecule has 2 nitrogen and oxygen atoms in total. The minimum Gasteiger partial charge on any atom is -0.508 e. The molecule has 0 amide bonds. The molecule has 0 bridgehead atoms. The van der Waals surface area contributed by atoms with Crippen molar-refractivity contribution in [3.05, 3.63) is 35.1 Å². The molecule has 3 heteroatoms. The van der Waals surface area contributed by atoms with E-state index in [0.29, 0.717) is 23.8 Å². The summed E-state index contributed by atoms with van der Waals surface area (Å²) < 4.78 is 13.8. The average molecular weight is 264 g/mol. The summed E-state index contributed by atoms with van der Waals surface area (Å²) in [5, 5.41) is 20.6. The summed E-state index contributed by atoms with van der Waals surface area (Å²) in [7, 11) is 0. The fourth-order valence-corrected chi connectivity index (χ4v) is 2.28. The molecule has 104 valence electrons. The van der Waals surface area contributed by atoms with Gasteiger partial charge in [0.25, 0.3) is 0 Å². The summed E-state index contributed by atoms with van der Waals surface area (Å²) in [6.45, 7) is 7.81. The molecule has 0 aliphatic heterocycles. The second-order valence-corrected chi connectivity index (χ2v) is 4.10. The lowest BCUT2D eigenvalue weighted by Crippen LogP contribution is -1.95. The fourth-order valence-electron chi connectivity index (χ4n) is 2.28. The minimum atomic E-state index is -0.555. The summed E-state index contributed by atoms with van der Waals surface area (Å²) in [6.07, 6.45) is 1.22. The Hall–Kier alpha value is -1.77. The highest BCUT2D eigenvalue weighted by atomic mass is 19.1. The number of phenols is 2. The minimum absolute atomic E-state index is 0.141. The molecule has 0 saturated carbocycles. The Kier molecular flexibility index (Phi) is 5.16. The first kappa shape index (κ1) is 15.3. The molecule has 0 fully saturated rings. The van der Waals surface area contributed by atoms with Gasteiger partial charge in [-0.1, -0.05) is 27.7 Å². The van der Waals surface area contributed by atoms with E-state index >= 15 is 0 Å². The Morgan fingerprint density at radius 3 is 2.16 bits per heavy atom. The maximum atomic E-state index is 13.8. The van der Waals surface area contributed by atoms with Crippen LogP contribution in [0.5, 0.6) is 11.5 Å². The first-order chi connectivity index (χ1) is 9.08. The predicted octanol–water partition coefficient (Wildman–Crippen LogP) is 4.54. The Morgan fingerprint density at radius 1 is 1.00 bits per heavy atom. The van der Waals surface area contributed by atoms with Crippen LogP contribution in [0.4, 0.5) is 4.39 Å². The van der Waals surface area contributed by atoms with Crippen molar-refractivity contribution < 1.29 is 14.6 Å². The summed E-state index contributed by atoms with van der Waals surface area (Å²) in [6, 6.07) is 4.56. The number of rotatable bonds is 2. The maximum absolute atomic E-state index is 13.8. The highest BCUT2D eigenvalue weighted by Crippen LogP contribution is 2.34. The van der Waals surface area contributed by atoms with Gasteiger partial charge in [-0.25, -0.2) is 4.39 Å². The van der Waals surface area contributed by atoms with E-state index in [4.69, 9.17) is 0 Å². The lowest BCUT2D eigenvalue weighted by Gasteiger charge is -2.12. The van der Waals surface area contributed by atoms with Crippen LogP contribution in [0.2, 0.25) is 0 Å². The lowest BCUT2D eigenvalue weighted by atomic mass is 9.95. The van der Waals surface area contributed by atoms with Gasteiger partial charge in [-0.2, -0.15) is 0 Å². The van der Waals surface area contributed by atoms with Gasteiger partial charge in [0.15, 0.2) is 11.6 Å². The molecule has 2 N–H and O–H groups in total. The van der Waals surface area contributed by atoms with Gasteiger partial charge in [-0.05, 0) is 52.9 Å². The molecule has 2 rings (SSSR count). The third-order valence-electron chi connectivity index (χ3n) is 3.05. The zero-order valence-electron chi connectivity index (χ0n) is 11.9. The SMILES string of the molecule is CC.CCc1cc(O)cc2cc(O)c(F)c(CC)c12. The number of aryl methyl sites for hydroxylation is 2. The van der Waals surface area contributed by atoms with Crippen LogP contribution in [-0.4, -0.2) is 10.2 Å². The molecule has 0 aliphatic rings. The van der Waals surface area contributed by atoms with E-state index in [1.165, 1.54) is 6.07 Å². The van der Waals surface area contributed by atoms with Crippen molar-refractivity contribution in [1.29, 1.82) is 0 Å². The van der Waals surface area contributed by atoms with Crippen molar-refractivity contribution in [1.82, 2.24) is 0 Å². The second-order valence-electron chi connectivity index (χ2n) is 4.10. The van der Waals surface area contributed by atoms with Crippen molar-refractivity contribution >= 4 is 10.8 Å². The maximum Gasteiger partial charge on any atom is 0.168 e. The first-order valence-corrected chi connectivity index (χ1v) is 6.74. The standard InChI is InChI=1S/C14H15FO2.C2H6/c1-3-8-5-10(16)6-9-7-12(17)14(15)11(4-2)13(8)9;1-2/h5-7,16-17H,3-4H2,1-2H3;1-2H3. The number of hydrogen-bond donors (Lipinski definition) is 2. The summed E-state index contributed by atoms with van der Waals surface area (Å²) in [4.78, 5) is 0. The van der Waals surface area contributed by atoms with Crippen molar-refractivity contribution in [3.63, 3.8) is 0 Å². The van der Waals surface area contributed by atoms with Gasteiger partial charge in [0, 0.05) is 0 Å². The molecular weight excluding hydrogens is 243 g/mol. The molecule has 19 heavy (non-hydrogen) atoms. The third-order valence-corrected chi connectivity index (χ3v) is 3.05. The van der Waals surface area contributed by atoms with Crippen molar-refractivity contribution in [2.75, 3.05) is 0 Å². The van der Waals surface area contributed by atoms with Gasteiger partial charge < -0.3 is 10.2 Å². The summed E-state index contributed by atoms with van der Waals surface area (Å²) >= 11 is 0. The van der Waals surface area contributed by atoms with Crippen LogP contribution in [0.1, 0.15) is 38.8 Å². The van der Waals surface area contributed by atoms with Gasteiger partial charge >= 0.3 is 0 Å². The smallest absolute Gasteiger partial charge is 0.168 e. The monoisotopic (exact) mass is 264 g/mol. The Labute approximate surface area is 113 Å². The Balaban J connectivity index is 0.000000861. The normalized spacial score (nSPS) is 10.2. The molecule has 0 saturated heterocycles. The summed E-state index contributed by atoms with van der Waals surface area (Å²) in [5.74, 6) is -0.773. The van der Waals surface area contributed by atoms with Crippen molar-refractivity contribution in [3.8, 4) is 11.5 Å². The zero-order valence-corrected chi connectivity index (χ0v) is 11.9. The molecule has 0 aliphatic carbocycles. The lowest BCUT2D eigenvalue weighted by molar-refractivity contribution is 0.430. The number of phenolic OH excluding ortho intramolecular Hbond substituents is 2. The number of benzene rings is 2. The predicted molar refractivity (Wildman–Crippen MR) is 77.3 cm³/mol. The number of halogens is 1. The quantitative estimate of drug-likeness (QED) is 0.836. The molecule has 0 atom stereocenters. The van der Waals surface area contributed by atoms with E-state index in [-0.39, 0.29) is 11.5 Å². The van der Waals surface area contributed by atoms with Crippen LogP contribution in [0.15, 0.2) is 18.2 Å². The van der Waals surface area contributed by atoms with Gasteiger partial charge in [0.2, 0.25) is 0 Å². The van der Waals surface area contributed by atoms with Crippen LogP contribution in [0.25, 0.3) is 10.8 Å². The molecule has 2 aromatic rings. The van der Waals surface area contributed by atoms with Gasteiger partial charge in [-0.15, -0.1) is 0 Å². The van der Waals surface area contributed by atoms with Crippen molar-refractivity contribution in [2.45, 2.75) is 40.5 Å². The average Bonchev–Trinajstić information content (AvgIpc) is 2.42. The van der Waals surface area contributed by atoms with Crippen LogP contribution in [-0.2, 0) is 12.8 Å². The van der Waals surface area contributed by atoms with Crippen molar-refractivity contribution in [2.24, 2.45) is 0 Å². The number of fused-ring (bicyclic) bond motifs is 1. The third kappa shape index (κ3) is 2.80. The van der Waals surface area contributed by atoms with Crippen LogP contribution < -0.4 is 0 Å². The van der Waals surface area contributed by atoms with E-state index in [9.17, 15) is 14.6 Å². The van der Waals surface area contributed by atoms with E-state index in [1.54, 1.807) is 12.1 Å². The Bertz CT molecular complexity index is 577.